The lowest BCUT2D eigenvalue weighted by molar-refractivity contribution is -0.132. The number of benzene rings is 1. The first kappa shape index (κ1) is 12.6. The molecule has 1 saturated heterocycles. The topological polar surface area (TPSA) is 49.4 Å². The first-order valence-electron chi connectivity index (χ1n) is 6.30. The van der Waals surface area contributed by atoms with Crippen LogP contribution in [0.15, 0.2) is 24.3 Å². The Kier molecular flexibility index (Phi) is 3.65. The minimum Gasteiger partial charge on any atom is -0.356 e. The molecule has 1 atom stereocenters. The van der Waals surface area contributed by atoms with Gasteiger partial charge in [-0.05, 0) is 31.9 Å². The van der Waals surface area contributed by atoms with Gasteiger partial charge in [-0.3, -0.25) is 9.59 Å². The molecule has 0 unspecified atom stereocenters. The van der Waals surface area contributed by atoms with E-state index in [1.54, 1.807) is 4.90 Å². The molecule has 1 aliphatic heterocycles. The summed E-state index contributed by atoms with van der Waals surface area (Å²) in [6, 6.07) is 7.76. The minimum atomic E-state index is -0.524. The molecular formula is C14H18N2O2. The maximum absolute atomic E-state index is 12.2. The van der Waals surface area contributed by atoms with Gasteiger partial charge in [-0.15, -0.1) is 0 Å². The Labute approximate surface area is 107 Å². The fourth-order valence-corrected chi connectivity index (χ4v) is 2.33. The third kappa shape index (κ3) is 2.23. The maximum Gasteiger partial charge on any atom is 0.239 e. The Balaban J connectivity index is 2.17. The highest BCUT2D eigenvalue weighted by molar-refractivity contribution is 6.09. The number of para-hydroxylation sites is 1. The van der Waals surface area contributed by atoms with Crippen LogP contribution >= 0.6 is 0 Å². The number of nitrogens with zero attached hydrogens (tertiary/aromatic N) is 1. The van der Waals surface area contributed by atoms with E-state index in [1.165, 1.54) is 0 Å². The first-order valence-corrected chi connectivity index (χ1v) is 6.30. The number of nitrogens with one attached hydrogen (secondary N) is 1. The number of anilines is 1. The van der Waals surface area contributed by atoms with Gasteiger partial charge < -0.3 is 10.2 Å². The van der Waals surface area contributed by atoms with Gasteiger partial charge in [0.2, 0.25) is 11.8 Å². The van der Waals surface area contributed by atoms with E-state index in [2.05, 4.69) is 5.32 Å². The van der Waals surface area contributed by atoms with Gasteiger partial charge in [0.15, 0.2) is 0 Å². The summed E-state index contributed by atoms with van der Waals surface area (Å²) in [6.07, 6.45) is 0.596. The first-order chi connectivity index (χ1) is 8.65. The molecule has 1 aromatic carbocycles. The van der Waals surface area contributed by atoms with Crippen molar-refractivity contribution < 1.29 is 9.59 Å². The fourth-order valence-electron chi connectivity index (χ4n) is 2.33. The van der Waals surface area contributed by atoms with Crippen molar-refractivity contribution in [3.8, 4) is 0 Å². The van der Waals surface area contributed by atoms with Crippen molar-refractivity contribution in [1.29, 1.82) is 0 Å². The quantitative estimate of drug-likeness (QED) is 0.821. The van der Waals surface area contributed by atoms with E-state index < -0.39 is 5.92 Å². The maximum atomic E-state index is 12.2. The van der Waals surface area contributed by atoms with Gasteiger partial charge in [0.25, 0.3) is 0 Å². The summed E-state index contributed by atoms with van der Waals surface area (Å²) in [4.78, 5) is 25.7. The van der Waals surface area contributed by atoms with Crippen molar-refractivity contribution in [2.24, 2.45) is 5.92 Å². The van der Waals surface area contributed by atoms with E-state index in [4.69, 9.17) is 0 Å². The highest BCUT2D eigenvalue weighted by Crippen LogP contribution is 2.27. The summed E-state index contributed by atoms with van der Waals surface area (Å²) in [5.41, 5.74) is 1.97. The molecule has 0 radical (unpaired) electrons. The summed E-state index contributed by atoms with van der Waals surface area (Å²) in [7, 11) is 0. The molecule has 1 aromatic rings. The molecule has 0 aromatic heterocycles. The van der Waals surface area contributed by atoms with Gasteiger partial charge >= 0.3 is 0 Å². The predicted octanol–water partition coefficient (Wildman–Crippen LogP) is 1.48. The molecule has 96 valence electrons. The summed E-state index contributed by atoms with van der Waals surface area (Å²) < 4.78 is 0. The van der Waals surface area contributed by atoms with Crippen LogP contribution in [0.5, 0.6) is 0 Å². The third-order valence-corrected chi connectivity index (χ3v) is 3.28. The number of hydrogen-bond acceptors (Lipinski definition) is 2. The van der Waals surface area contributed by atoms with Gasteiger partial charge in [0.05, 0.1) is 0 Å². The molecule has 1 N–H and O–H groups in total. The van der Waals surface area contributed by atoms with Crippen LogP contribution in [-0.2, 0) is 9.59 Å². The average Bonchev–Trinajstić information content (AvgIpc) is 2.72. The van der Waals surface area contributed by atoms with Crippen LogP contribution in [0, 0.1) is 12.8 Å². The molecule has 1 fully saturated rings. The van der Waals surface area contributed by atoms with Crippen molar-refractivity contribution in [2.45, 2.75) is 20.3 Å². The van der Waals surface area contributed by atoms with Gasteiger partial charge in [-0.25, -0.2) is 0 Å². The number of aryl methyl sites for hydroxylation is 1. The van der Waals surface area contributed by atoms with E-state index >= 15 is 0 Å². The van der Waals surface area contributed by atoms with Crippen molar-refractivity contribution in [2.75, 3.05) is 18.0 Å². The normalized spacial score (nSPS) is 19.1. The molecule has 0 aliphatic carbocycles. The van der Waals surface area contributed by atoms with Crippen LogP contribution < -0.4 is 10.2 Å². The van der Waals surface area contributed by atoms with Crippen molar-refractivity contribution >= 4 is 17.5 Å². The second-order valence-electron chi connectivity index (χ2n) is 4.51. The molecule has 4 nitrogen and oxygen atoms in total. The summed E-state index contributed by atoms with van der Waals surface area (Å²) in [5, 5.41) is 2.72. The van der Waals surface area contributed by atoms with E-state index in [0.717, 1.165) is 11.3 Å². The zero-order valence-electron chi connectivity index (χ0n) is 10.8. The zero-order valence-corrected chi connectivity index (χ0v) is 10.8. The van der Waals surface area contributed by atoms with E-state index in [9.17, 15) is 9.59 Å². The highest BCUT2D eigenvalue weighted by atomic mass is 16.2. The Morgan fingerprint density at radius 1 is 1.44 bits per heavy atom. The van der Waals surface area contributed by atoms with Crippen LogP contribution in [0.4, 0.5) is 5.69 Å². The SMILES string of the molecule is CCNC(=O)[C@@H]1CCN(c2ccccc2C)C1=O. The summed E-state index contributed by atoms with van der Waals surface area (Å²) >= 11 is 0. The predicted molar refractivity (Wildman–Crippen MR) is 70.3 cm³/mol. The number of rotatable bonds is 3. The van der Waals surface area contributed by atoms with E-state index in [-0.39, 0.29) is 11.8 Å². The smallest absolute Gasteiger partial charge is 0.239 e. The lowest BCUT2D eigenvalue weighted by Crippen LogP contribution is -2.36. The van der Waals surface area contributed by atoms with E-state index in [1.807, 2.05) is 38.1 Å². The monoisotopic (exact) mass is 246 g/mol. The lowest BCUT2D eigenvalue weighted by atomic mass is 10.1. The second kappa shape index (κ2) is 5.21. The van der Waals surface area contributed by atoms with Crippen LogP contribution in [0.2, 0.25) is 0 Å². The lowest BCUT2D eigenvalue weighted by Gasteiger charge is -2.18. The van der Waals surface area contributed by atoms with Crippen LogP contribution in [-0.4, -0.2) is 24.9 Å². The third-order valence-electron chi connectivity index (χ3n) is 3.28. The summed E-state index contributed by atoms with van der Waals surface area (Å²) in [5.74, 6) is -0.765. The van der Waals surface area contributed by atoms with Gasteiger partial charge in [-0.1, -0.05) is 18.2 Å². The van der Waals surface area contributed by atoms with Crippen molar-refractivity contribution in [1.82, 2.24) is 5.32 Å². The average molecular weight is 246 g/mol. The molecule has 0 saturated carbocycles. The van der Waals surface area contributed by atoms with Crippen LogP contribution in [0.1, 0.15) is 18.9 Å². The molecule has 2 amide bonds. The fraction of sp³-hybridized carbons (Fsp3) is 0.429. The Morgan fingerprint density at radius 2 is 2.17 bits per heavy atom. The Hall–Kier alpha value is -1.84. The Bertz CT molecular complexity index is 471. The standard InChI is InChI=1S/C14H18N2O2/c1-3-15-13(17)11-8-9-16(14(11)18)12-7-5-4-6-10(12)2/h4-7,11H,3,8-9H2,1-2H3,(H,15,17)/t11-/m0/s1. The number of amides is 2. The van der Waals surface area contributed by atoms with Crippen LogP contribution in [0.25, 0.3) is 0 Å². The zero-order chi connectivity index (χ0) is 13.1. The largest absolute Gasteiger partial charge is 0.356 e. The number of hydrogen-bond donors (Lipinski definition) is 1. The highest BCUT2D eigenvalue weighted by Gasteiger charge is 2.37. The Morgan fingerprint density at radius 3 is 2.83 bits per heavy atom. The summed E-state index contributed by atoms with van der Waals surface area (Å²) in [6.45, 7) is 5.01. The number of carbonyl (C=O) groups excluding carboxylic acids is 2. The van der Waals surface area contributed by atoms with Gasteiger partial charge in [0.1, 0.15) is 5.92 Å². The van der Waals surface area contributed by atoms with Crippen molar-refractivity contribution in [3.05, 3.63) is 29.8 Å². The second-order valence-corrected chi connectivity index (χ2v) is 4.51. The molecule has 0 bridgehead atoms. The van der Waals surface area contributed by atoms with E-state index in [0.29, 0.717) is 19.5 Å². The number of carbonyl (C=O) groups is 2. The molecular weight excluding hydrogens is 228 g/mol. The van der Waals surface area contributed by atoms with Gasteiger partial charge in [0, 0.05) is 18.8 Å². The van der Waals surface area contributed by atoms with Gasteiger partial charge in [-0.2, -0.15) is 0 Å². The molecule has 4 heteroatoms. The molecule has 0 spiro atoms. The molecule has 18 heavy (non-hydrogen) atoms. The molecule has 1 heterocycles. The van der Waals surface area contributed by atoms with Crippen LogP contribution in [0.3, 0.4) is 0 Å². The minimum absolute atomic E-state index is 0.0877. The van der Waals surface area contributed by atoms with Crippen molar-refractivity contribution in [3.63, 3.8) is 0 Å². The molecule has 1 aliphatic rings. The molecule has 2 rings (SSSR count).